The van der Waals surface area contributed by atoms with Gasteiger partial charge in [0.15, 0.2) is 0 Å². The summed E-state index contributed by atoms with van der Waals surface area (Å²) in [5.41, 5.74) is 2.63. The van der Waals surface area contributed by atoms with Crippen molar-refractivity contribution in [2.75, 3.05) is 24.6 Å². The van der Waals surface area contributed by atoms with Crippen LogP contribution in [0.25, 0.3) is 0 Å². The maximum absolute atomic E-state index is 11.1. The second-order valence-corrected chi connectivity index (χ2v) is 5.36. The van der Waals surface area contributed by atoms with Gasteiger partial charge in [-0.3, -0.25) is 9.63 Å². The number of nitrogens with one attached hydrogen (secondary N) is 1. The molecule has 0 aromatic heterocycles. The fourth-order valence-electron chi connectivity index (χ4n) is 1.44. The van der Waals surface area contributed by atoms with E-state index in [2.05, 4.69) is 15.3 Å². The van der Waals surface area contributed by atoms with Gasteiger partial charge in [0.25, 0.3) is 0 Å². The highest BCUT2D eigenvalue weighted by Gasteiger charge is 2.24. The predicted molar refractivity (Wildman–Crippen MR) is 57.2 cm³/mol. The zero-order valence-electron chi connectivity index (χ0n) is 8.11. The van der Waals surface area contributed by atoms with Gasteiger partial charge in [0.05, 0.1) is 6.04 Å². The summed E-state index contributed by atoms with van der Waals surface area (Å²) in [5, 5.41) is 0. The smallest absolute Gasteiger partial charge is 0.208 e. The lowest BCUT2D eigenvalue weighted by Crippen LogP contribution is -2.50. The maximum atomic E-state index is 11.1. The third-order valence-corrected chi connectivity index (χ3v) is 3.73. The minimum absolute atomic E-state index is 0.466. The molecule has 0 bridgehead atoms. The molecule has 2 fully saturated rings. The first kappa shape index (κ1) is 9.92. The predicted octanol–water partition coefficient (Wildman–Crippen LogP) is -0.968. The number of nitrogens with two attached hydrogens (primary N) is 1. The summed E-state index contributed by atoms with van der Waals surface area (Å²) in [5.74, 6) is 7.64. The molecule has 1 heterocycles. The van der Waals surface area contributed by atoms with Gasteiger partial charge in [-0.1, -0.05) is 0 Å². The first-order valence-electron chi connectivity index (χ1n) is 4.94. The molecule has 0 spiro atoms. The van der Waals surface area contributed by atoms with E-state index < -0.39 is 10.8 Å². The van der Waals surface area contributed by atoms with Gasteiger partial charge in [0.2, 0.25) is 5.96 Å². The van der Waals surface area contributed by atoms with Crippen molar-refractivity contribution >= 4 is 16.8 Å². The van der Waals surface area contributed by atoms with E-state index in [1.54, 1.807) is 0 Å². The molecule has 2 aliphatic rings. The molecule has 14 heavy (non-hydrogen) atoms. The summed E-state index contributed by atoms with van der Waals surface area (Å²) < 4.78 is 11.1. The lowest BCUT2D eigenvalue weighted by atomic mass is 10.5. The Hall–Kier alpha value is -0.620. The molecule has 5 nitrogen and oxygen atoms in total. The van der Waals surface area contributed by atoms with E-state index in [-0.39, 0.29) is 0 Å². The number of hydrazine groups is 1. The second-order valence-electron chi connectivity index (χ2n) is 3.66. The summed E-state index contributed by atoms with van der Waals surface area (Å²) in [6.07, 6.45) is 2.34. The molecule has 0 unspecified atom stereocenters. The molecule has 0 amide bonds. The molecule has 6 heteroatoms. The number of rotatable bonds is 1. The van der Waals surface area contributed by atoms with Gasteiger partial charge >= 0.3 is 0 Å². The van der Waals surface area contributed by atoms with Crippen LogP contribution in [0.3, 0.4) is 0 Å². The topological polar surface area (TPSA) is 70.7 Å². The molecule has 3 N–H and O–H groups in total. The number of hydrogen-bond acceptors (Lipinski definition) is 3. The zero-order valence-corrected chi connectivity index (χ0v) is 8.92. The van der Waals surface area contributed by atoms with Crippen LogP contribution in [0.2, 0.25) is 0 Å². The van der Waals surface area contributed by atoms with Crippen molar-refractivity contribution in [1.29, 1.82) is 0 Å². The van der Waals surface area contributed by atoms with E-state index in [0.29, 0.717) is 6.04 Å². The molecular formula is C8H16N4OS. The van der Waals surface area contributed by atoms with Crippen molar-refractivity contribution < 1.29 is 4.21 Å². The van der Waals surface area contributed by atoms with E-state index in [1.807, 2.05) is 0 Å². The van der Waals surface area contributed by atoms with Crippen molar-refractivity contribution in [2.24, 2.45) is 10.8 Å². The Labute approximate surface area is 86.2 Å². The molecule has 0 radical (unpaired) electrons. The molecule has 0 aromatic carbocycles. The highest BCUT2D eigenvalue weighted by Crippen LogP contribution is 2.23. The summed E-state index contributed by atoms with van der Waals surface area (Å²) in [4.78, 5) is 6.55. The maximum Gasteiger partial charge on any atom is 0.208 e. The van der Waals surface area contributed by atoms with Gasteiger partial charge in [-0.25, -0.2) is 10.8 Å². The van der Waals surface area contributed by atoms with Crippen molar-refractivity contribution in [3.05, 3.63) is 0 Å². The van der Waals surface area contributed by atoms with Gasteiger partial charge in [0, 0.05) is 35.4 Å². The van der Waals surface area contributed by atoms with Gasteiger partial charge in [-0.15, -0.1) is 0 Å². The highest BCUT2D eigenvalue weighted by molar-refractivity contribution is 7.85. The minimum Gasteiger partial charge on any atom is -0.340 e. The van der Waals surface area contributed by atoms with Crippen LogP contribution < -0.4 is 11.3 Å². The monoisotopic (exact) mass is 216 g/mol. The highest BCUT2D eigenvalue weighted by atomic mass is 32.2. The molecule has 80 valence electrons. The van der Waals surface area contributed by atoms with Gasteiger partial charge in [0.1, 0.15) is 0 Å². The normalized spacial score (nSPS) is 25.2. The number of aliphatic imine (C=N–C) groups is 1. The van der Waals surface area contributed by atoms with Crippen LogP contribution in [0.4, 0.5) is 0 Å². The van der Waals surface area contributed by atoms with Crippen molar-refractivity contribution in [3.8, 4) is 0 Å². The van der Waals surface area contributed by atoms with E-state index >= 15 is 0 Å². The third kappa shape index (κ3) is 2.45. The molecule has 0 atom stereocenters. The summed E-state index contributed by atoms with van der Waals surface area (Å²) in [7, 11) is -0.642. The molecule has 0 aromatic rings. The van der Waals surface area contributed by atoms with E-state index in [4.69, 9.17) is 5.84 Å². The lowest BCUT2D eigenvalue weighted by Gasteiger charge is -2.28. The molecule has 2 rings (SSSR count). The average Bonchev–Trinajstić information content (AvgIpc) is 3.00. The van der Waals surface area contributed by atoms with Crippen molar-refractivity contribution in [3.63, 3.8) is 0 Å². The van der Waals surface area contributed by atoms with Crippen molar-refractivity contribution in [1.82, 2.24) is 10.3 Å². The summed E-state index contributed by atoms with van der Waals surface area (Å²) in [6, 6.07) is 0.466. The SMILES string of the molecule is NNC(=NC1CC1)N1CCS(=O)CC1. The largest absolute Gasteiger partial charge is 0.340 e. The van der Waals surface area contributed by atoms with Crippen LogP contribution in [-0.2, 0) is 10.8 Å². The van der Waals surface area contributed by atoms with Gasteiger partial charge in [-0.2, -0.15) is 0 Å². The minimum atomic E-state index is -0.642. The third-order valence-electron chi connectivity index (χ3n) is 2.46. The van der Waals surface area contributed by atoms with E-state index in [0.717, 1.165) is 30.6 Å². The summed E-state index contributed by atoms with van der Waals surface area (Å²) >= 11 is 0. The average molecular weight is 216 g/mol. The standard InChI is InChI=1S/C8H16N4OS/c9-11-8(10-7-1-2-7)12-3-5-14(13)6-4-12/h7H,1-6,9H2,(H,10,11). The molecule has 1 aliphatic carbocycles. The molecule has 1 saturated carbocycles. The van der Waals surface area contributed by atoms with Crippen LogP contribution in [0.5, 0.6) is 0 Å². The van der Waals surface area contributed by atoms with Gasteiger partial charge in [-0.05, 0) is 12.8 Å². The van der Waals surface area contributed by atoms with Crippen LogP contribution in [-0.4, -0.2) is 45.7 Å². The first-order chi connectivity index (χ1) is 6.79. The Bertz CT molecular complexity index is 254. The van der Waals surface area contributed by atoms with E-state index in [9.17, 15) is 4.21 Å². The van der Waals surface area contributed by atoms with Crippen LogP contribution >= 0.6 is 0 Å². The molecule has 1 saturated heterocycles. The Kier molecular flexibility index (Phi) is 3.02. The Morgan fingerprint density at radius 1 is 1.43 bits per heavy atom. The fourth-order valence-corrected chi connectivity index (χ4v) is 2.49. The zero-order chi connectivity index (χ0) is 9.97. The Morgan fingerprint density at radius 3 is 2.57 bits per heavy atom. The number of guanidine groups is 1. The van der Waals surface area contributed by atoms with Crippen molar-refractivity contribution in [2.45, 2.75) is 18.9 Å². The molecular weight excluding hydrogens is 200 g/mol. The lowest BCUT2D eigenvalue weighted by molar-refractivity contribution is 0.436. The Morgan fingerprint density at radius 2 is 2.07 bits per heavy atom. The van der Waals surface area contributed by atoms with Gasteiger partial charge < -0.3 is 4.90 Å². The number of nitrogens with zero attached hydrogens (tertiary/aromatic N) is 2. The summed E-state index contributed by atoms with van der Waals surface area (Å²) in [6.45, 7) is 1.59. The Balaban J connectivity index is 1.94. The number of hydrogen-bond donors (Lipinski definition) is 2. The van der Waals surface area contributed by atoms with Crippen LogP contribution in [0.15, 0.2) is 4.99 Å². The quantitative estimate of drug-likeness (QED) is 0.256. The van der Waals surface area contributed by atoms with E-state index in [1.165, 1.54) is 12.8 Å². The van der Waals surface area contributed by atoms with Crippen LogP contribution in [0, 0.1) is 0 Å². The fraction of sp³-hybridized carbons (Fsp3) is 0.875. The van der Waals surface area contributed by atoms with Crippen LogP contribution in [0.1, 0.15) is 12.8 Å². The molecule has 1 aliphatic heterocycles. The first-order valence-corrected chi connectivity index (χ1v) is 6.43. The second kappa shape index (κ2) is 4.27.